The van der Waals surface area contributed by atoms with Gasteiger partial charge >= 0.3 is 6.03 Å². The summed E-state index contributed by atoms with van der Waals surface area (Å²) in [5, 5.41) is 5.21. The molecule has 0 aliphatic carbocycles. The van der Waals surface area contributed by atoms with Crippen LogP contribution in [-0.2, 0) is 13.0 Å². The summed E-state index contributed by atoms with van der Waals surface area (Å²) in [5.41, 5.74) is 2.41. The van der Waals surface area contributed by atoms with Crippen LogP contribution in [0.25, 0.3) is 0 Å². The van der Waals surface area contributed by atoms with Crippen molar-refractivity contribution in [3.8, 4) is 5.75 Å². The van der Waals surface area contributed by atoms with Gasteiger partial charge in [0, 0.05) is 24.5 Å². The molecule has 2 aromatic rings. The molecule has 134 valence electrons. The predicted molar refractivity (Wildman–Crippen MR) is 101 cm³/mol. The summed E-state index contributed by atoms with van der Waals surface area (Å²) >= 11 is 1.79. The molecule has 1 aromatic heterocycles. The third-order valence-corrected chi connectivity index (χ3v) is 5.67. The SMILES string of the molecule is COc1cccc(C(CNC(=O)N2CCc3sccc3C2)N(C)C)c1. The maximum Gasteiger partial charge on any atom is 0.317 e. The summed E-state index contributed by atoms with van der Waals surface area (Å²) in [7, 11) is 5.71. The standard InChI is InChI=1S/C19H25N3O2S/c1-21(2)17(14-5-4-6-16(11-14)24-3)12-20-19(23)22-9-7-18-15(13-22)8-10-25-18/h4-6,8,10-11,17H,7,9,12-13H2,1-3H3,(H,20,23). The highest BCUT2D eigenvalue weighted by atomic mass is 32.1. The molecule has 1 aliphatic heterocycles. The van der Waals surface area contributed by atoms with Gasteiger partial charge in [-0.1, -0.05) is 12.1 Å². The van der Waals surface area contributed by atoms with Crippen molar-refractivity contribution in [2.45, 2.75) is 19.0 Å². The topological polar surface area (TPSA) is 44.8 Å². The van der Waals surface area contributed by atoms with E-state index in [1.54, 1.807) is 18.4 Å². The van der Waals surface area contributed by atoms with Gasteiger partial charge in [-0.2, -0.15) is 0 Å². The number of carbonyl (C=O) groups is 1. The average molecular weight is 359 g/mol. The number of hydrogen-bond donors (Lipinski definition) is 1. The summed E-state index contributed by atoms with van der Waals surface area (Å²) in [6, 6.07) is 10.2. The average Bonchev–Trinajstić information content (AvgIpc) is 3.09. The number of thiophene rings is 1. The summed E-state index contributed by atoms with van der Waals surface area (Å²) < 4.78 is 5.32. The minimum atomic E-state index is 0.00611. The molecule has 0 saturated heterocycles. The minimum absolute atomic E-state index is 0.00611. The Balaban J connectivity index is 1.62. The maximum absolute atomic E-state index is 12.6. The van der Waals surface area contributed by atoms with Crippen LogP contribution in [-0.4, -0.2) is 50.1 Å². The molecule has 0 bridgehead atoms. The number of rotatable bonds is 5. The number of methoxy groups -OCH3 is 1. The Morgan fingerprint density at radius 2 is 2.24 bits per heavy atom. The molecule has 25 heavy (non-hydrogen) atoms. The zero-order valence-corrected chi connectivity index (χ0v) is 15.8. The van der Waals surface area contributed by atoms with E-state index in [1.165, 1.54) is 10.4 Å². The van der Waals surface area contributed by atoms with E-state index < -0.39 is 0 Å². The molecule has 5 nitrogen and oxygen atoms in total. The van der Waals surface area contributed by atoms with Crippen LogP contribution in [0.2, 0.25) is 0 Å². The van der Waals surface area contributed by atoms with Gasteiger partial charge in [-0.05, 0) is 55.2 Å². The van der Waals surface area contributed by atoms with Crippen molar-refractivity contribution in [2.24, 2.45) is 0 Å². The van der Waals surface area contributed by atoms with E-state index in [2.05, 4.69) is 27.7 Å². The first-order valence-corrected chi connectivity index (χ1v) is 9.35. The van der Waals surface area contributed by atoms with E-state index in [-0.39, 0.29) is 12.1 Å². The lowest BCUT2D eigenvalue weighted by Gasteiger charge is -2.30. The molecule has 3 rings (SSSR count). The molecular weight excluding hydrogens is 334 g/mol. The first-order chi connectivity index (χ1) is 12.1. The van der Waals surface area contributed by atoms with Gasteiger partial charge in [-0.3, -0.25) is 0 Å². The highest BCUT2D eigenvalue weighted by Crippen LogP contribution is 2.25. The van der Waals surface area contributed by atoms with E-state index in [1.807, 2.05) is 37.2 Å². The summed E-state index contributed by atoms with van der Waals surface area (Å²) in [4.78, 5) is 18.0. The highest BCUT2D eigenvalue weighted by molar-refractivity contribution is 7.10. The molecule has 1 unspecified atom stereocenters. The van der Waals surface area contributed by atoms with Crippen LogP contribution >= 0.6 is 11.3 Å². The van der Waals surface area contributed by atoms with Crippen molar-refractivity contribution >= 4 is 17.4 Å². The molecule has 1 N–H and O–H groups in total. The number of nitrogens with one attached hydrogen (secondary N) is 1. The summed E-state index contributed by atoms with van der Waals surface area (Å²) in [5.74, 6) is 0.830. The summed E-state index contributed by atoms with van der Waals surface area (Å²) in [6.45, 7) is 2.05. The van der Waals surface area contributed by atoms with Gasteiger partial charge in [-0.15, -0.1) is 11.3 Å². The number of benzene rings is 1. The number of likely N-dealkylation sites (N-methyl/N-ethyl adjacent to an activating group) is 1. The molecule has 0 radical (unpaired) electrons. The fourth-order valence-corrected chi connectivity index (χ4v) is 4.05. The molecule has 6 heteroatoms. The van der Waals surface area contributed by atoms with Gasteiger partial charge in [-0.25, -0.2) is 4.79 Å². The van der Waals surface area contributed by atoms with Crippen LogP contribution in [0.4, 0.5) is 4.79 Å². The number of hydrogen-bond acceptors (Lipinski definition) is 4. The van der Waals surface area contributed by atoms with E-state index in [9.17, 15) is 4.79 Å². The Morgan fingerprint density at radius 3 is 3.00 bits per heavy atom. The molecule has 0 saturated carbocycles. The van der Waals surface area contributed by atoms with Crippen LogP contribution in [0.15, 0.2) is 35.7 Å². The van der Waals surface area contributed by atoms with Crippen molar-refractivity contribution in [3.63, 3.8) is 0 Å². The summed E-state index contributed by atoms with van der Waals surface area (Å²) in [6.07, 6.45) is 0.952. The van der Waals surface area contributed by atoms with Crippen molar-refractivity contribution in [3.05, 3.63) is 51.7 Å². The molecule has 1 aromatic carbocycles. The monoisotopic (exact) mass is 359 g/mol. The zero-order valence-electron chi connectivity index (χ0n) is 15.0. The first kappa shape index (κ1) is 17.8. The smallest absolute Gasteiger partial charge is 0.317 e. The van der Waals surface area contributed by atoms with Crippen molar-refractivity contribution in [1.82, 2.24) is 15.1 Å². The second-order valence-electron chi connectivity index (χ2n) is 6.48. The molecule has 1 atom stereocenters. The fraction of sp³-hybridized carbons (Fsp3) is 0.421. The van der Waals surface area contributed by atoms with E-state index in [4.69, 9.17) is 4.74 Å². The van der Waals surface area contributed by atoms with Gasteiger partial charge < -0.3 is 19.9 Å². The number of urea groups is 1. The molecule has 0 spiro atoms. The van der Waals surface area contributed by atoms with Gasteiger partial charge in [0.05, 0.1) is 13.2 Å². The zero-order chi connectivity index (χ0) is 17.8. The number of nitrogens with zero attached hydrogens (tertiary/aromatic N) is 2. The number of ether oxygens (including phenoxy) is 1. The van der Waals surface area contributed by atoms with Crippen LogP contribution in [0.3, 0.4) is 0 Å². The Hall–Kier alpha value is -2.05. The number of fused-ring (bicyclic) bond motifs is 1. The largest absolute Gasteiger partial charge is 0.497 e. The first-order valence-electron chi connectivity index (χ1n) is 8.47. The third-order valence-electron chi connectivity index (χ3n) is 4.64. The Morgan fingerprint density at radius 1 is 1.40 bits per heavy atom. The Kier molecular flexibility index (Phi) is 5.60. The molecule has 0 fully saturated rings. The fourth-order valence-electron chi connectivity index (χ4n) is 3.16. The highest BCUT2D eigenvalue weighted by Gasteiger charge is 2.23. The van der Waals surface area contributed by atoms with Crippen LogP contribution in [0, 0.1) is 0 Å². The number of amides is 2. The lowest BCUT2D eigenvalue weighted by atomic mass is 10.1. The normalized spacial score (nSPS) is 15.0. The van der Waals surface area contributed by atoms with Crippen LogP contribution in [0.1, 0.15) is 22.0 Å². The second kappa shape index (κ2) is 7.89. The van der Waals surface area contributed by atoms with Gasteiger partial charge in [0.2, 0.25) is 0 Å². The Bertz CT molecular complexity index is 729. The maximum atomic E-state index is 12.6. The molecule has 1 aliphatic rings. The van der Waals surface area contributed by atoms with E-state index >= 15 is 0 Å². The van der Waals surface area contributed by atoms with Crippen LogP contribution < -0.4 is 10.1 Å². The minimum Gasteiger partial charge on any atom is -0.497 e. The second-order valence-corrected chi connectivity index (χ2v) is 7.48. The van der Waals surface area contributed by atoms with Gasteiger partial charge in [0.25, 0.3) is 0 Å². The predicted octanol–water partition coefficient (Wildman–Crippen LogP) is 3.13. The van der Waals surface area contributed by atoms with E-state index in [0.29, 0.717) is 13.1 Å². The lowest BCUT2D eigenvalue weighted by Crippen LogP contribution is -2.45. The van der Waals surface area contributed by atoms with Crippen molar-refractivity contribution < 1.29 is 9.53 Å². The Labute approximate surface area is 153 Å². The number of carbonyl (C=O) groups excluding carboxylic acids is 1. The quantitative estimate of drug-likeness (QED) is 0.892. The van der Waals surface area contributed by atoms with Gasteiger partial charge in [0.1, 0.15) is 5.75 Å². The molecule has 2 heterocycles. The van der Waals surface area contributed by atoms with E-state index in [0.717, 1.165) is 24.3 Å². The lowest BCUT2D eigenvalue weighted by molar-refractivity contribution is 0.187. The molecular formula is C19H25N3O2S. The van der Waals surface area contributed by atoms with Crippen LogP contribution in [0.5, 0.6) is 5.75 Å². The van der Waals surface area contributed by atoms with Crippen molar-refractivity contribution in [2.75, 3.05) is 34.3 Å². The van der Waals surface area contributed by atoms with Crippen molar-refractivity contribution in [1.29, 1.82) is 0 Å². The molecule has 2 amide bonds. The third kappa shape index (κ3) is 4.14. The van der Waals surface area contributed by atoms with Gasteiger partial charge in [0.15, 0.2) is 0 Å².